The SMILES string of the molecule is CCCCC1CCC(c2ccc(-c3ccc(N4C(=O)C=CC4=O)cc3)cc2)CC1. The molecule has 150 valence electrons. The summed E-state index contributed by atoms with van der Waals surface area (Å²) < 4.78 is 0. The maximum Gasteiger partial charge on any atom is 0.258 e. The Morgan fingerprint density at radius 3 is 1.90 bits per heavy atom. The maximum absolute atomic E-state index is 11.8. The topological polar surface area (TPSA) is 37.4 Å². The van der Waals surface area contributed by atoms with E-state index in [0.29, 0.717) is 11.6 Å². The van der Waals surface area contributed by atoms with Crippen molar-refractivity contribution in [3.05, 3.63) is 66.2 Å². The molecule has 0 atom stereocenters. The van der Waals surface area contributed by atoms with Crippen molar-refractivity contribution < 1.29 is 9.59 Å². The summed E-state index contributed by atoms with van der Waals surface area (Å²) in [5.74, 6) is 1.07. The summed E-state index contributed by atoms with van der Waals surface area (Å²) in [7, 11) is 0. The lowest BCUT2D eigenvalue weighted by Gasteiger charge is -2.29. The summed E-state index contributed by atoms with van der Waals surface area (Å²) >= 11 is 0. The van der Waals surface area contributed by atoms with Gasteiger partial charge in [-0.3, -0.25) is 9.59 Å². The lowest BCUT2D eigenvalue weighted by Crippen LogP contribution is -2.29. The number of anilines is 1. The standard InChI is InChI=1S/C26H29NO2/c1-2-3-4-19-5-7-20(8-6-19)21-9-11-22(12-10-21)23-13-15-24(16-14-23)27-25(28)17-18-26(27)29/h9-20H,2-8H2,1H3. The number of amides is 2. The molecule has 0 saturated heterocycles. The van der Waals surface area contributed by atoms with E-state index in [1.54, 1.807) is 0 Å². The van der Waals surface area contributed by atoms with Gasteiger partial charge in [-0.15, -0.1) is 0 Å². The van der Waals surface area contributed by atoms with Gasteiger partial charge in [0.15, 0.2) is 0 Å². The Balaban J connectivity index is 1.39. The number of hydrogen-bond acceptors (Lipinski definition) is 2. The highest BCUT2D eigenvalue weighted by Crippen LogP contribution is 2.38. The summed E-state index contributed by atoms with van der Waals surface area (Å²) in [6.07, 6.45) is 12.1. The van der Waals surface area contributed by atoms with Gasteiger partial charge in [-0.25, -0.2) is 4.90 Å². The normalized spacial score (nSPS) is 21.8. The first-order chi connectivity index (χ1) is 14.2. The Bertz CT molecular complexity index is 869. The van der Waals surface area contributed by atoms with E-state index in [2.05, 4.69) is 31.2 Å². The third kappa shape index (κ3) is 4.34. The molecule has 29 heavy (non-hydrogen) atoms. The van der Waals surface area contributed by atoms with E-state index in [1.165, 1.54) is 67.6 Å². The Kier molecular flexibility index (Phi) is 5.94. The summed E-state index contributed by atoms with van der Waals surface area (Å²) in [4.78, 5) is 24.8. The Labute approximate surface area is 173 Å². The van der Waals surface area contributed by atoms with Gasteiger partial charge < -0.3 is 0 Å². The maximum atomic E-state index is 11.8. The number of carbonyl (C=O) groups is 2. The first kappa shape index (κ1) is 19.6. The minimum atomic E-state index is -0.281. The van der Waals surface area contributed by atoms with Crippen molar-refractivity contribution in [3.63, 3.8) is 0 Å². The van der Waals surface area contributed by atoms with Gasteiger partial charge in [0.2, 0.25) is 0 Å². The van der Waals surface area contributed by atoms with Crippen LogP contribution in [0.15, 0.2) is 60.7 Å². The molecular formula is C26H29NO2. The molecule has 0 unspecified atom stereocenters. The highest BCUT2D eigenvalue weighted by molar-refractivity contribution is 6.28. The van der Waals surface area contributed by atoms with Crippen LogP contribution in [0.2, 0.25) is 0 Å². The fourth-order valence-corrected chi connectivity index (χ4v) is 4.68. The zero-order valence-electron chi connectivity index (χ0n) is 17.1. The van der Waals surface area contributed by atoms with Crippen LogP contribution in [0.3, 0.4) is 0 Å². The quantitative estimate of drug-likeness (QED) is 0.550. The fraction of sp³-hybridized carbons (Fsp3) is 0.385. The smallest absolute Gasteiger partial charge is 0.258 e. The molecule has 1 saturated carbocycles. The van der Waals surface area contributed by atoms with Crippen LogP contribution in [0.1, 0.15) is 63.4 Å². The lowest BCUT2D eigenvalue weighted by molar-refractivity contribution is -0.119. The average Bonchev–Trinajstić information content (AvgIpc) is 3.11. The second-order valence-electron chi connectivity index (χ2n) is 8.37. The molecule has 0 aromatic heterocycles. The minimum Gasteiger partial charge on any atom is -0.269 e. The van der Waals surface area contributed by atoms with Crippen molar-refractivity contribution in [1.29, 1.82) is 0 Å². The number of rotatable bonds is 6. The van der Waals surface area contributed by atoms with Crippen molar-refractivity contribution in [2.45, 2.75) is 57.8 Å². The van der Waals surface area contributed by atoms with Crippen LogP contribution in [0, 0.1) is 5.92 Å². The first-order valence-corrected chi connectivity index (χ1v) is 10.9. The van der Waals surface area contributed by atoms with Crippen molar-refractivity contribution in [2.24, 2.45) is 5.92 Å². The monoisotopic (exact) mass is 387 g/mol. The van der Waals surface area contributed by atoms with Gasteiger partial charge >= 0.3 is 0 Å². The van der Waals surface area contributed by atoms with Gasteiger partial charge in [-0.05, 0) is 66.3 Å². The summed E-state index contributed by atoms with van der Waals surface area (Å²) in [6, 6.07) is 16.6. The predicted molar refractivity (Wildman–Crippen MR) is 118 cm³/mol. The van der Waals surface area contributed by atoms with Crippen LogP contribution in [-0.2, 0) is 9.59 Å². The van der Waals surface area contributed by atoms with Gasteiger partial charge in [0.1, 0.15) is 0 Å². The predicted octanol–water partition coefficient (Wildman–Crippen LogP) is 6.25. The third-order valence-corrected chi connectivity index (χ3v) is 6.46. The van der Waals surface area contributed by atoms with E-state index in [-0.39, 0.29) is 11.8 Å². The molecule has 1 fully saturated rings. The molecule has 3 heteroatoms. The Hall–Kier alpha value is -2.68. The number of unbranched alkanes of at least 4 members (excludes halogenated alkanes) is 1. The number of imide groups is 1. The molecule has 2 aliphatic rings. The van der Waals surface area contributed by atoms with E-state index >= 15 is 0 Å². The van der Waals surface area contributed by atoms with Gasteiger partial charge in [-0.1, -0.05) is 62.6 Å². The number of nitrogens with zero attached hydrogens (tertiary/aromatic N) is 1. The molecular weight excluding hydrogens is 358 g/mol. The van der Waals surface area contributed by atoms with Gasteiger partial charge in [0.05, 0.1) is 5.69 Å². The third-order valence-electron chi connectivity index (χ3n) is 6.46. The lowest BCUT2D eigenvalue weighted by atomic mass is 9.77. The number of hydrogen-bond donors (Lipinski definition) is 0. The molecule has 1 aliphatic carbocycles. The molecule has 3 nitrogen and oxygen atoms in total. The first-order valence-electron chi connectivity index (χ1n) is 10.9. The highest BCUT2D eigenvalue weighted by atomic mass is 16.2. The van der Waals surface area contributed by atoms with E-state index in [4.69, 9.17) is 0 Å². The van der Waals surface area contributed by atoms with E-state index in [1.807, 2.05) is 24.3 Å². The van der Waals surface area contributed by atoms with Crippen LogP contribution < -0.4 is 4.90 Å². The van der Waals surface area contributed by atoms with Crippen LogP contribution in [0.4, 0.5) is 5.69 Å². The van der Waals surface area contributed by atoms with Gasteiger partial charge in [0, 0.05) is 12.2 Å². The molecule has 1 heterocycles. The molecule has 0 radical (unpaired) electrons. The Morgan fingerprint density at radius 1 is 0.793 bits per heavy atom. The zero-order chi connectivity index (χ0) is 20.2. The number of benzene rings is 2. The largest absolute Gasteiger partial charge is 0.269 e. The van der Waals surface area contributed by atoms with Gasteiger partial charge in [0.25, 0.3) is 11.8 Å². The van der Waals surface area contributed by atoms with Crippen molar-refractivity contribution in [3.8, 4) is 11.1 Å². The van der Waals surface area contributed by atoms with E-state index in [0.717, 1.165) is 17.0 Å². The molecule has 0 bridgehead atoms. The minimum absolute atomic E-state index is 0.281. The summed E-state index contributed by atoms with van der Waals surface area (Å²) in [6.45, 7) is 2.28. The van der Waals surface area contributed by atoms with Gasteiger partial charge in [-0.2, -0.15) is 0 Å². The second kappa shape index (κ2) is 8.77. The average molecular weight is 388 g/mol. The zero-order valence-corrected chi connectivity index (χ0v) is 17.1. The second-order valence-corrected chi connectivity index (χ2v) is 8.37. The molecule has 1 aliphatic heterocycles. The van der Waals surface area contributed by atoms with E-state index in [9.17, 15) is 9.59 Å². The number of carbonyl (C=O) groups excluding carboxylic acids is 2. The molecule has 0 spiro atoms. The molecule has 2 aromatic carbocycles. The fourth-order valence-electron chi connectivity index (χ4n) is 4.68. The molecule has 2 aromatic rings. The summed E-state index contributed by atoms with van der Waals surface area (Å²) in [5, 5.41) is 0. The molecule has 2 amide bonds. The van der Waals surface area contributed by atoms with Crippen molar-refractivity contribution in [1.82, 2.24) is 0 Å². The summed E-state index contributed by atoms with van der Waals surface area (Å²) in [5.41, 5.74) is 4.33. The highest BCUT2D eigenvalue weighted by Gasteiger charge is 2.25. The van der Waals surface area contributed by atoms with E-state index < -0.39 is 0 Å². The van der Waals surface area contributed by atoms with Crippen LogP contribution in [0.5, 0.6) is 0 Å². The molecule has 4 rings (SSSR count). The van der Waals surface area contributed by atoms with Crippen molar-refractivity contribution in [2.75, 3.05) is 4.90 Å². The van der Waals surface area contributed by atoms with Crippen LogP contribution >= 0.6 is 0 Å². The van der Waals surface area contributed by atoms with Crippen LogP contribution in [0.25, 0.3) is 11.1 Å². The Morgan fingerprint density at radius 2 is 1.34 bits per heavy atom. The molecule has 0 N–H and O–H groups in total. The van der Waals surface area contributed by atoms with Crippen LogP contribution in [-0.4, -0.2) is 11.8 Å². The van der Waals surface area contributed by atoms with Crippen molar-refractivity contribution >= 4 is 17.5 Å².